The molecule has 1 rings (SSSR count). The quantitative estimate of drug-likeness (QED) is 0.713. The van der Waals surface area contributed by atoms with Gasteiger partial charge in [0.15, 0.2) is 9.84 Å². The van der Waals surface area contributed by atoms with Crippen LogP contribution in [0.5, 0.6) is 0 Å². The zero-order valence-corrected chi connectivity index (χ0v) is 8.29. The van der Waals surface area contributed by atoms with Gasteiger partial charge in [0.2, 0.25) is 5.78 Å². The smallest absolute Gasteiger partial charge is 0.262 e. The highest BCUT2D eigenvalue weighted by molar-refractivity contribution is 7.91. The molecule has 0 heterocycles. The number of halogens is 1. The van der Waals surface area contributed by atoms with Gasteiger partial charge in [-0.05, 0) is 0 Å². The molecule has 1 atom stereocenters. The summed E-state index contributed by atoms with van der Waals surface area (Å²) < 4.78 is 34.6. The highest BCUT2D eigenvalue weighted by Gasteiger charge is 2.28. The summed E-state index contributed by atoms with van der Waals surface area (Å²) in [5, 5.41) is 0. The maximum Gasteiger partial charge on any atom is 0.262 e. The summed E-state index contributed by atoms with van der Waals surface area (Å²) >= 11 is 0. The molecule has 0 aliphatic rings. The molecule has 5 heteroatoms. The molecule has 0 amide bonds. The van der Waals surface area contributed by atoms with E-state index in [0.29, 0.717) is 6.26 Å². The van der Waals surface area contributed by atoms with Crippen molar-refractivity contribution in [3.63, 3.8) is 0 Å². The van der Waals surface area contributed by atoms with Gasteiger partial charge in [0.05, 0.1) is 0 Å². The van der Waals surface area contributed by atoms with Gasteiger partial charge in [-0.2, -0.15) is 0 Å². The van der Waals surface area contributed by atoms with Gasteiger partial charge in [-0.15, -0.1) is 0 Å². The van der Waals surface area contributed by atoms with E-state index in [-0.39, 0.29) is 5.56 Å². The molecule has 76 valence electrons. The molecular formula is C9H9FO3S. The Morgan fingerprint density at radius 3 is 2.21 bits per heavy atom. The van der Waals surface area contributed by atoms with Crippen LogP contribution in [-0.2, 0) is 9.84 Å². The van der Waals surface area contributed by atoms with E-state index in [1.54, 1.807) is 18.2 Å². The van der Waals surface area contributed by atoms with E-state index < -0.39 is 21.1 Å². The van der Waals surface area contributed by atoms with Crippen molar-refractivity contribution in [1.82, 2.24) is 0 Å². The third kappa shape index (κ3) is 2.38. The van der Waals surface area contributed by atoms with Crippen molar-refractivity contribution < 1.29 is 17.6 Å². The minimum absolute atomic E-state index is 0.0606. The van der Waals surface area contributed by atoms with Gasteiger partial charge in [-0.3, -0.25) is 4.79 Å². The number of carbonyl (C=O) groups is 1. The minimum atomic E-state index is -3.97. The van der Waals surface area contributed by atoms with E-state index in [2.05, 4.69) is 0 Å². The number of sulfone groups is 1. The zero-order chi connectivity index (χ0) is 10.8. The lowest BCUT2D eigenvalue weighted by atomic mass is 10.1. The molecule has 0 aliphatic heterocycles. The standard InChI is InChI=1S/C9H9FO3S/c1-14(12,13)9(10)8(11)7-5-3-2-4-6-7/h2-6,9H,1H3. The summed E-state index contributed by atoms with van der Waals surface area (Å²) in [6.45, 7) is 0. The van der Waals surface area contributed by atoms with Gasteiger partial charge >= 0.3 is 0 Å². The third-order valence-electron chi connectivity index (χ3n) is 1.64. The molecule has 0 fully saturated rings. The summed E-state index contributed by atoms with van der Waals surface area (Å²) in [6, 6.07) is 7.50. The van der Waals surface area contributed by atoms with Crippen molar-refractivity contribution in [2.75, 3.05) is 6.26 Å². The van der Waals surface area contributed by atoms with E-state index in [4.69, 9.17) is 0 Å². The van der Waals surface area contributed by atoms with E-state index >= 15 is 0 Å². The maximum atomic E-state index is 13.1. The second-order valence-electron chi connectivity index (χ2n) is 2.88. The summed E-state index contributed by atoms with van der Waals surface area (Å²) in [4.78, 5) is 11.2. The fraction of sp³-hybridized carbons (Fsp3) is 0.222. The number of carbonyl (C=O) groups excluding carboxylic acids is 1. The lowest BCUT2D eigenvalue weighted by molar-refractivity contribution is 0.0934. The average molecular weight is 216 g/mol. The Morgan fingerprint density at radius 1 is 1.29 bits per heavy atom. The molecule has 0 bridgehead atoms. The molecule has 0 saturated heterocycles. The molecule has 0 aliphatic carbocycles. The Kier molecular flexibility index (Phi) is 3.00. The SMILES string of the molecule is CS(=O)(=O)C(F)C(=O)c1ccccc1. The summed E-state index contributed by atoms with van der Waals surface area (Å²) in [7, 11) is -3.97. The van der Waals surface area contributed by atoms with Gasteiger partial charge in [0, 0.05) is 11.8 Å². The summed E-state index contributed by atoms with van der Waals surface area (Å²) in [5.41, 5.74) is -2.41. The summed E-state index contributed by atoms with van der Waals surface area (Å²) in [6.07, 6.45) is 0.693. The molecule has 14 heavy (non-hydrogen) atoms. The first-order valence-electron chi connectivity index (χ1n) is 3.85. The normalized spacial score (nSPS) is 13.6. The van der Waals surface area contributed by atoms with E-state index in [0.717, 1.165) is 0 Å². The Balaban J connectivity index is 2.99. The number of ketones is 1. The molecule has 0 N–H and O–H groups in total. The molecule has 0 aromatic heterocycles. The fourth-order valence-corrected chi connectivity index (χ4v) is 1.45. The van der Waals surface area contributed by atoms with Crippen molar-refractivity contribution >= 4 is 15.6 Å². The highest BCUT2D eigenvalue weighted by Crippen LogP contribution is 2.10. The number of benzene rings is 1. The highest BCUT2D eigenvalue weighted by atomic mass is 32.2. The second-order valence-corrected chi connectivity index (χ2v) is 4.95. The lowest BCUT2D eigenvalue weighted by Gasteiger charge is -2.04. The number of hydrogen-bond acceptors (Lipinski definition) is 3. The molecule has 1 aromatic carbocycles. The number of Topliss-reactive ketones (excluding diaryl/α,β-unsaturated/α-hetero) is 1. The first-order valence-corrected chi connectivity index (χ1v) is 5.80. The van der Waals surface area contributed by atoms with Crippen LogP contribution in [0.1, 0.15) is 10.4 Å². The van der Waals surface area contributed by atoms with Gasteiger partial charge in [0.1, 0.15) is 0 Å². The van der Waals surface area contributed by atoms with Crippen LogP contribution in [-0.4, -0.2) is 26.0 Å². The van der Waals surface area contributed by atoms with Crippen LogP contribution in [0.3, 0.4) is 0 Å². The van der Waals surface area contributed by atoms with Crippen LogP contribution in [0.2, 0.25) is 0 Å². The molecule has 3 nitrogen and oxygen atoms in total. The Bertz CT molecular complexity index is 425. The van der Waals surface area contributed by atoms with Gasteiger partial charge < -0.3 is 0 Å². The maximum absolute atomic E-state index is 13.1. The second kappa shape index (κ2) is 3.88. The van der Waals surface area contributed by atoms with Crippen molar-refractivity contribution in [2.45, 2.75) is 5.50 Å². The fourth-order valence-electron chi connectivity index (χ4n) is 0.928. The van der Waals surface area contributed by atoms with Crippen LogP contribution < -0.4 is 0 Å². The lowest BCUT2D eigenvalue weighted by Crippen LogP contribution is -2.24. The van der Waals surface area contributed by atoms with Crippen LogP contribution in [0.4, 0.5) is 4.39 Å². The molecule has 0 spiro atoms. The van der Waals surface area contributed by atoms with Crippen LogP contribution in [0.25, 0.3) is 0 Å². The monoisotopic (exact) mass is 216 g/mol. The molecule has 0 radical (unpaired) electrons. The van der Waals surface area contributed by atoms with Crippen molar-refractivity contribution in [1.29, 1.82) is 0 Å². The van der Waals surface area contributed by atoms with Crippen LogP contribution >= 0.6 is 0 Å². The van der Waals surface area contributed by atoms with Crippen LogP contribution in [0.15, 0.2) is 30.3 Å². The Hall–Kier alpha value is -1.23. The predicted octanol–water partition coefficient (Wildman–Crippen LogP) is 1.21. The summed E-state index contributed by atoms with van der Waals surface area (Å²) in [5.74, 6) is -1.02. The molecular weight excluding hydrogens is 207 g/mol. The van der Waals surface area contributed by atoms with Gasteiger partial charge in [-0.25, -0.2) is 12.8 Å². The zero-order valence-electron chi connectivity index (χ0n) is 7.48. The van der Waals surface area contributed by atoms with E-state index in [9.17, 15) is 17.6 Å². The van der Waals surface area contributed by atoms with Crippen molar-refractivity contribution in [3.05, 3.63) is 35.9 Å². The van der Waals surface area contributed by atoms with Gasteiger partial charge in [-0.1, -0.05) is 30.3 Å². The van der Waals surface area contributed by atoms with Crippen molar-refractivity contribution in [2.24, 2.45) is 0 Å². The minimum Gasteiger partial charge on any atom is -0.290 e. The Labute approximate surface area is 81.5 Å². The average Bonchev–Trinajstić information content (AvgIpc) is 2.15. The molecule has 1 aromatic rings. The number of rotatable bonds is 3. The number of alkyl halides is 1. The Morgan fingerprint density at radius 2 is 1.79 bits per heavy atom. The largest absolute Gasteiger partial charge is 0.290 e. The predicted molar refractivity (Wildman–Crippen MR) is 50.5 cm³/mol. The van der Waals surface area contributed by atoms with E-state index in [1.807, 2.05) is 0 Å². The third-order valence-corrected chi connectivity index (χ3v) is 2.61. The first-order chi connectivity index (χ1) is 6.43. The first kappa shape index (κ1) is 10.8. The molecule has 1 unspecified atom stereocenters. The van der Waals surface area contributed by atoms with E-state index in [1.165, 1.54) is 12.1 Å². The topological polar surface area (TPSA) is 51.2 Å². The van der Waals surface area contributed by atoms with Crippen molar-refractivity contribution in [3.8, 4) is 0 Å². The van der Waals surface area contributed by atoms with Crippen LogP contribution in [0, 0.1) is 0 Å². The number of hydrogen-bond donors (Lipinski definition) is 0. The van der Waals surface area contributed by atoms with Gasteiger partial charge in [0.25, 0.3) is 5.50 Å². The molecule has 0 saturated carbocycles.